The van der Waals surface area contributed by atoms with Crippen LogP contribution in [0.4, 0.5) is 0 Å². The second-order valence-corrected chi connectivity index (χ2v) is 14.9. The molecule has 0 aromatic rings. The topological polar surface area (TPSA) is 299 Å². The van der Waals surface area contributed by atoms with Gasteiger partial charge in [-0.3, -0.25) is 42.5 Å². The molecule has 9 fully saturated rings. The SMILES string of the molecule is [CH-]1CCC2C3NC(NC4NC(NC5NC(NC6NC(N3)C3C[CH-]CCC63)C3C[CH-]CCC53)C3CC[CH-]CC43)C2C1.[NH2-].[NH2-].[NH2-].[NH2-].[O]=[V+2].[O]=[V+2].[O]=[V+2].[O]=[V+2]. The third-order valence-electron chi connectivity index (χ3n) is 13.1. The van der Waals surface area contributed by atoms with Crippen LogP contribution in [0.3, 0.4) is 0 Å². The number of rotatable bonds is 0. The van der Waals surface area contributed by atoms with Gasteiger partial charge in [-0.05, 0) is 47.3 Å². The second-order valence-electron chi connectivity index (χ2n) is 14.9. The summed E-state index contributed by atoms with van der Waals surface area (Å²) >= 11 is 4.25. The van der Waals surface area contributed by atoms with E-state index in [0.29, 0.717) is 96.7 Å². The van der Waals surface area contributed by atoms with Crippen molar-refractivity contribution in [3.63, 3.8) is 0 Å². The average Bonchev–Trinajstić information content (AvgIpc) is 3.91. The van der Waals surface area contributed by atoms with E-state index in [4.69, 9.17) is 14.7 Å². The summed E-state index contributed by atoms with van der Waals surface area (Å²) in [5.41, 5.74) is 0. The summed E-state index contributed by atoms with van der Waals surface area (Å²) in [4.78, 5) is 0. The number of hydrogen-bond donors (Lipinski definition) is 8. The molecule has 4 saturated carbocycles. The van der Waals surface area contributed by atoms with E-state index in [1.54, 1.807) is 0 Å². The molecule has 16 nitrogen and oxygen atoms in total. The molecule has 0 aromatic heterocycles. The Balaban J connectivity index is 0.00000106. The Morgan fingerprint density at radius 2 is 0.442 bits per heavy atom. The van der Waals surface area contributed by atoms with Gasteiger partial charge >= 0.3 is 84.2 Å². The minimum atomic E-state index is 0. The number of nitrogens with two attached hydrogens (primary N) is 4. The Labute approximate surface area is 348 Å². The van der Waals surface area contributed by atoms with Crippen LogP contribution in [0.25, 0.3) is 24.6 Å². The molecule has 16 atom stereocenters. The predicted octanol–water partition coefficient (Wildman–Crippen LogP) is 4.25. The molecular weight excluding hydrogens is 820 g/mol. The summed E-state index contributed by atoms with van der Waals surface area (Å²) in [6, 6.07) is 0. The molecule has 292 valence electrons. The first-order valence-corrected chi connectivity index (χ1v) is 20.2. The van der Waals surface area contributed by atoms with Crippen LogP contribution >= 0.6 is 0 Å². The molecule has 52 heavy (non-hydrogen) atoms. The maximum absolute atomic E-state index is 8.19. The number of hydrogen-bond acceptors (Lipinski definition) is 12. The number of nitrogens with one attached hydrogen (secondary N) is 8. The average molecular weight is 881 g/mol. The van der Waals surface area contributed by atoms with Gasteiger partial charge in [-0.1, -0.05) is 25.7 Å². The summed E-state index contributed by atoms with van der Waals surface area (Å²) < 4.78 is 32.8. The van der Waals surface area contributed by atoms with Crippen molar-refractivity contribution in [2.45, 2.75) is 126 Å². The zero-order valence-electron chi connectivity index (χ0n) is 29.8. The maximum atomic E-state index is 8.19. The Bertz CT molecular complexity index is 811. The number of fused-ring (bicyclic) bond motifs is 20. The summed E-state index contributed by atoms with van der Waals surface area (Å²) in [5, 5.41) is 33.4. The third-order valence-corrected chi connectivity index (χ3v) is 13.1. The van der Waals surface area contributed by atoms with Crippen LogP contribution in [0.2, 0.25) is 0 Å². The van der Waals surface area contributed by atoms with Gasteiger partial charge < -0.3 is 50.3 Å². The van der Waals surface area contributed by atoms with E-state index in [9.17, 15) is 0 Å². The summed E-state index contributed by atoms with van der Waals surface area (Å²) in [5.74, 6) is 5.46. The van der Waals surface area contributed by atoms with Gasteiger partial charge in [-0.15, -0.1) is 0 Å². The van der Waals surface area contributed by atoms with Gasteiger partial charge in [0.1, 0.15) is 0 Å². The Kier molecular flexibility index (Phi) is 25.0. The molecule has 4 aliphatic carbocycles. The monoisotopic (exact) mass is 880 g/mol. The van der Waals surface area contributed by atoms with Crippen molar-refractivity contribution in [1.82, 2.24) is 42.5 Å². The van der Waals surface area contributed by atoms with Gasteiger partial charge in [0.2, 0.25) is 0 Å². The normalized spacial score (nSPS) is 44.8. The fourth-order valence-corrected chi connectivity index (χ4v) is 11.1. The molecule has 0 aromatic carbocycles. The van der Waals surface area contributed by atoms with Crippen molar-refractivity contribution in [3.05, 3.63) is 50.3 Å². The van der Waals surface area contributed by atoms with E-state index in [1.807, 2.05) is 0 Å². The van der Waals surface area contributed by atoms with Gasteiger partial charge in [0.05, 0.1) is 49.3 Å². The van der Waals surface area contributed by atoms with Gasteiger partial charge in [0.15, 0.2) is 0 Å². The Morgan fingerprint density at radius 3 is 0.615 bits per heavy atom. The molecule has 8 bridgehead atoms. The van der Waals surface area contributed by atoms with E-state index < -0.39 is 0 Å². The van der Waals surface area contributed by atoms with E-state index >= 15 is 0 Å². The van der Waals surface area contributed by atoms with Crippen molar-refractivity contribution in [1.29, 1.82) is 0 Å². The summed E-state index contributed by atoms with van der Waals surface area (Å²) in [7, 11) is 0. The van der Waals surface area contributed by atoms with Crippen molar-refractivity contribution in [2.24, 2.45) is 47.3 Å². The molecule has 9 rings (SSSR count). The summed E-state index contributed by atoms with van der Waals surface area (Å²) in [6.07, 6.45) is 28.4. The van der Waals surface area contributed by atoms with E-state index in [2.05, 4.69) is 68.2 Å². The molecule has 0 spiro atoms. The fraction of sp³-hybridized carbons (Fsp3) is 0.875. The van der Waals surface area contributed by atoms with Crippen LogP contribution < -0.4 is 42.5 Å². The van der Waals surface area contributed by atoms with Gasteiger partial charge in [0, 0.05) is 0 Å². The zero-order chi connectivity index (χ0) is 34.2. The van der Waals surface area contributed by atoms with Crippen molar-refractivity contribution >= 4 is 0 Å². The molecule has 20 heteroatoms. The first-order valence-electron chi connectivity index (χ1n) is 17.9. The predicted molar refractivity (Wildman–Crippen MR) is 180 cm³/mol. The van der Waals surface area contributed by atoms with Crippen molar-refractivity contribution in [2.75, 3.05) is 0 Å². The summed E-state index contributed by atoms with van der Waals surface area (Å²) in [6.45, 7) is 0. The third kappa shape index (κ3) is 10.8. The van der Waals surface area contributed by atoms with Crippen LogP contribution in [-0.2, 0) is 84.2 Å². The van der Waals surface area contributed by atoms with Crippen LogP contribution in [0, 0.1) is 73.0 Å². The zero-order valence-corrected chi connectivity index (χ0v) is 35.4. The van der Waals surface area contributed by atoms with E-state index in [0.717, 1.165) is 69.5 Å². The van der Waals surface area contributed by atoms with Gasteiger partial charge in [0.25, 0.3) is 0 Å². The molecule has 5 aliphatic heterocycles. The van der Waals surface area contributed by atoms with E-state index in [-0.39, 0.29) is 24.6 Å². The second kappa shape index (κ2) is 25.4. The van der Waals surface area contributed by atoms with Crippen molar-refractivity contribution in [3.8, 4) is 0 Å². The molecule has 0 amide bonds. The van der Waals surface area contributed by atoms with Crippen LogP contribution in [0.5, 0.6) is 0 Å². The minimum absolute atomic E-state index is 0. The first-order chi connectivity index (χ1) is 23.8. The van der Waals surface area contributed by atoms with Crippen LogP contribution in [-0.4, -0.2) is 49.3 Å². The molecule has 5 saturated heterocycles. The molecular formula is C32H60N12O4V4. The van der Waals surface area contributed by atoms with Crippen LogP contribution in [0.1, 0.15) is 77.0 Å². The quantitative estimate of drug-likeness (QED) is 0.159. The Hall–Kier alpha value is 1.06. The van der Waals surface area contributed by atoms with Crippen LogP contribution in [0.15, 0.2) is 0 Å². The van der Waals surface area contributed by atoms with Crippen molar-refractivity contribution < 1.29 is 84.2 Å². The standard InChI is InChI=1S/C32H52N8.4H2N.4O.4V/c1-2-10-18-17(9-1)25-33-26(18)38-28-21-13-5-6-14-22(21)30(35-28)40-32-24-16-8-7-15-23(24)31(36-32)39-29-20-12-4-3-11-19(20)27(34-29)37-25;;;;;;;;;;;;/h1,3,5,8,17-40H,2,4,6-7,9-16H2;4*1H2;;;;;;;;/q-4;4*-1;;;;;4*+2. The fourth-order valence-electron chi connectivity index (χ4n) is 11.1. The molecule has 9 aliphatic rings. The molecule has 16 N–H and O–H groups in total. The van der Waals surface area contributed by atoms with E-state index in [1.165, 1.54) is 77.0 Å². The molecule has 16 unspecified atom stereocenters. The first kappa shape index (κ1) is 51.1. The molecule has 0 radical (unpaired) electrons. The van der Waals surface area contributed by atoms with Gasteiger partial charge in [-0.25, -0.2) is 0 Å². The van der Waals surface area contributed by atoms with Gasteiger partial charge in [-0.2, -0.15) is 51.4 Å². The molecule has 5 heterocycles. The Morgan fingerprint density at radius 1 is 0.288 bits per heavy atom.